The predicted molar refractivity (Wildman–Crippen MR) is 122 cm³/mol. The lowest BCUT2D eigenvalue weighted by Crippen LogP contribution is -2.25. The van der Waals surface area contributed by atoms with Crippen molar-refractivity contribution in [2.24, 2.45) is 0 Å². The van der Waals surface area contributed by atoms with E-state index in [2.05, 4.69) is 10.3 Å². The van der Waals surface area contributed by atoms with Crippen molar-refractivity contribution in [1.29, 1.82) is 0 Å². The molecule has 4 N–H and O–H groups in total. The molecule has 2 aromatic carbocycles. The first-order valence-corrected chi connectivity index (χ1v) is 10.2. The molecule has 10 heteroatoms. The van der Waals surface area contributed by atoms with Crippen LogP contribution in [0.4, 0.5) is 10.1 Å². The molecule has 3 rings (SSSR count). The third-order valence-corrected chi connectivity index (χ3v) is 5.08. The van der Waals surface area contributed by atoms with Crippen LogP contribution in [0.25, 0.3) is 0 Å². The lowest BCUT2D eigenvalue weighted by atomic mass is 10.2. The van der Waals surface area contributed by atoms with Crippen molar-refractivity contribution in [3.05, 3.63) is 74.8 Å². The number of carbonyl (C=O) groups is 2. The fourth-order valence-electron chi connectivity index (χ4n) is 2.98. The summed E-state index contributed by atoms with van der Waals surface area (Å²) in [7, 11) is 3.22. The summed E-state index contributed by atoms with van der Waals surface area (Å²) in [4.78, 5) is 28.9. The van der Waals surface area contributed by atoms with Crippen molar-refractivity contribution in [3.8, 4) is 11.5 Å². The number of hydrogen-bond donors (Lipinski definition) is 3. The second-order valence-electron chi connectivity index (χ2n) is 7.30. The maximum atomic E-state index is 15.1. The van der Waals surface area contributed by atoms with Gasteiger partial charge in [0.05, 0.1) is 5.02 Å². The summed E-state index contributed by atoms with van der Waals surface area (Å²) in [6.07, 6.45) is 0. The van der Waals surface area contributed by atoms with Gasteiger partial charge in [-0.3, -0.25) is 9.59 Å². The Bertz CT molecular complexity index is 1170. The number of halogens is 3. The molecule has 32 heavy (non-hydrogen) atoms. The molecule has 0 saturated carbocycles. The first kappa shape index (κ1) is 23.4. The molecule has 0 unspecified atom stereocenters. The number of nitrogens with two attached hydrogens (primary N) is 1. The highest BCUT2D eigenvalue weighted by molar-refractivity contribution is 6.32. The van der Waals surface area contributed by atoms with Gasteiger partial charge in [-0.1, -0.05) is 29.3 Å². The number of H-pyrrole nitrogens is 1. The quantitative estimate of drug-likeness (QED) is 0.444. The van der Waals surface area contributed by atoms with Gasteiger partial charge in [0, 0.05) is 43.0 Å². The molecule has 1 heterocycles. The molecule has 0 saturated heterocycles. The molecule has 0 fully saturated rings. The Balaban J connectivity index is 1.78. The zero-order valence-electron chi connectivity index (χ0n) is 17.6. The number of benzene rings is 2. The molecule has 0 aliphatic heterocycles. The zero-order valence-corrected chi connectivity index (χ0v) is 19.1. The first-order valence-electron chi connectivity index (χ1n) is 9.47. The number of nitrogen functional groups attached to an aromatic ring is 1. The van der Waals surface area contributed by atoms with E-state index in [1.165, 1.54) is 35.2 Å². The smallest absolute Gasteiger partial charge is 0.269 e. The van der Waals surface area contributed by atoms with Crippen LogP contribution >= 0.6 is 23.2 Å². The van der Waals surface area contributed by atoms with Crippen molar-refractivity contribution in [2.75, 3.05) is 19.8 Å². The van der Waals surface area contributed by atoms with Crippen molar-refractivity contribution in [3.63, 3.8) is 0 Å². The molecule has 168 valence electrons. The molecule has 0 radical (unpaired) electrons. The Labute approximate surface area is 194 Å². The normalized spacial score (nSPS) is 10.7. The number of carbonyl (C=O) groups excluding carboxylic acids is 2. The molecule has 2 amide bonds. The van der Waals surface area contributed by atoms with E-state index in [9.17, 15) is 9.59 Å². The van der Waals surface area contributed by atoms with Crippen molar-refractivity contribution in [2.45, 2.75) is 13.5 Å². The van der Waals surface area contributed by atoms with Gasteiger partial charge in [0.1, 0.15) is 17.1 Å². The lowest BCUT2D eigenvalue weighted by Gasteiger charge is -2.13. The van der Waals surface area contributed by atoms with Gasteiger partial charge < -0.3 is 25.7 Å². The summed E-state index contributed by atoms with van der Waals surface area (Å²) in [5.41, 5.74) is 7.33. The molecule has 0 spiro atoms. The highest BCUT2D eigenvalue weighted by atomic mass is 35.5. The molecule has 0 bridgehead atoms. The van der Waals surface area contributed by atoms with Crippen molar-refractivity contribution >= 4 is 40.7 Å². The van der Waals surface area contributed by atoms with Gasteiger partial charge in [-0.2, -0.15) is 0 Å². The maximum absolute atomic E-state index is 15.1. The van der Waals surface area contributed by atoms with Crippen LogP contribution in [0.3, 0.4) is 0 Å². The molecule has 0 atom stereocenters. The third kappa shape index (κ3) is 5.15. The van der Waals surface area contributed by atoms with Crippen LogP contribution in [0.2, 0.25) is 10.0 Å². The monoisotopic (exact) mass is 478 g/mol. The number of aromatic amines is 1. The standard InChI is InChI=1S/C22H21Cl2FN4O3/c1-11-6-17(22(31)29(2)3)28-19(11)21(30)27-10-12-4-5-16(24)20(18(12)25)32-15-8-13(23)7-14(26)9-15/h4-9,28H,10,26H2,1-3H3,(H,27,30). The van der Waals surface area contributed by atoms with Gasteiger partial charge in [0.25, 0.3) is 11.8 Å². The summed E-state index contributed by atoms with van der Waals surface area (Å²) in [5, 5.41) is 3.00. The summed E-state index contributed by atoms with van der Waals surface area (Å²) in [6, 6.07) is 8.98. The molecule has 1 aromatic heterocycles. The highest BCUT2D eigenvalue weighted by Crippen LogP contribution is 2.35. The van der Waals surface area contributed by atoms with Crippen LogP contribution < -0.4 is 15.8 Å². The van der Waals surface area contributed by atoms with Gasteiger partial charge in [0.15, 0.2) is 11.6 Å². The van der Waals surface area contributed by atoms with E-state index in [4.69, 9.17) is 33.7 Å². The Morgan fingerprint density at radius 1 is 1.19 bits per heavy atom. The molecule has 0 aliphatic carbocycles. The number of aryl methyl sites for hydroxylation is 1. The Morgan fingerprint density at radius 3 is 2.56 bits per heavy atom. The van der Waals surface area contributed by atoms with Crippen LogP contribution in [0.15, 0.2) is 36.4 Å². The number of amides is 2. The largest absolute Gasteiger partial charge is 0.453 e. The van der Waals surface area contributed by atoms with Gasteiger partial charge in [-0.05, 0) is 36.8 Å². The summed E-state index contributed by atoms with van der Waals surface area (Å²) in [6.45, 7) is 1.56. The van der Waals surface area contributed by atoms with Gasteiger partial charge in [0.2, 0.25) is 0 Å². The Kier molecular flexibility index (Phi) is 6.96. The average molecular weight is 479 g/mol. The van der Waals surface area contributed by atoms with E-state index in [0.717, 1.165) is 0 Å². The number of ether oxygens (including phenoxy) is 1. The van der Waals surface area contributed by atoms with Gasteiger partial charge in [-0.15, -0.1) is 0 Å². The van der Waals surface area contributed by atoms with Crippen molar-refractivity contribution < 1.29 is 18.7 Å². The van der Waals surface area contributed by atoms with Crippen LogP contribution in [0.1, 0.15) is 32.1 Å². The van der Waals surface area contributed by atoms with Crippen molar-refractivity contribution in [1.82, 2.24) is 15.2 Å². The van der Waals surface area contributed by atoms with E-state index in [1.54, 1.807) is 27.1 Å². The van der Waals surface area contributed by atoms with E-state index in [1.807, 2.05) is 0 Å². The van der Waals surface area contributed by atoms with Crippen LogP contribution in [-0.2, 0) is 6.54 Å². The number of rotatable bonds is 6. The van der Waals surface area contributed by atoms with E-state index in [-0.39, 0.29) is 45.9 Å². The minimum absolute atomic E-state index is 0.0446. The Hall–Kier alpha value is -3.23. The lowest BCUT2D eigenvalue weighted by molar-refractivity contribution is 0.0822. The zero-order chi connectivity index (χ0) is 23.6. The third-order valence-electron chi connectivity index (χ3n) is 4.56. The molecule has 3 aromatic rings. The van der Waals surface area contributed by atoms with Gasteiger partial charge in [-0.25, -0.2) is 4.39 Å². The average Bonchev–Trinajstić information content (AvgIpc) is 3.10. The van der Waals surface area contributed by atoms with Gasteiger partial charge >= 0.3 is 0 Å². The number of nitrogens with one attached hydrogen (secondary N) is 2. The number of aromatic nitrogens is 1. The Morgan fingerprint density at radius 2 is 1.91 bits per heavy atom. The fraction of sp³-hybridized carbons (Fsp3) is 0.182. The second kappa shape index (κ2) is 9.50. The molecular formula is C22H21Cl2FN4O3. The van der Waals surface area contributed by atoms with Crippen LogP contribution in [0.5, 0.6) is 11.5 Å². The van der Waals surface area contributed by atoms with E-state index >= 15 is 4.39 Å². The predicted octanol–water partition coefficient (Wildman–Crippen LogP) is 4.78. The maximum Gasteiger partial charge on any atom is 0.269 e. The van der Waals surface area contributed by atoms with E-state index in [0.29, 0.717) is 16.3 Å². The summed E-state index contributed by atoms with van der Waals surface area (Å²) < 4.78 is 20.6. The van der Waals surface area contributed by atoms with Crippen LogP contribution in [-0.4, -0.2) is 35.8 Å². The SMILES string of the molecule is Cc1cc(C(=O)N(C)C)[nH]c1C(=O)NCc1ccc(Cl)c(Oc2cc(N)cc(Cl)c2)c1F. The summed E-state index contributed by atoms with van der Waals surface area (Å²) >= 11 is 12.1. The number of hydrogen-bond acceptors (Lipinski definition) is 4. The van der Waals surface area contributed by atoms with E-state index < -0.39 is 11.7 Å². The second-order valence-corrected chi connectivity index (χ2v) is 8.14. The molecule has 0 aliphatic rings. The topological polar surface area (TPSA) is 100 Å². The molecule has 7 nitrogen and oxygen atoms in total. The number of nitrogens with zero attached hydrogens (tertiary/aromatic N) is 1. The minimum Gasteiger partial charge on any atom is -0.453 e. The van der Waals surface area contributed by atoms with Crippen LogP contribution in [0, 0.1) is 12.7 Å². The first-order chi connectivity index (χ1) is 15.1. The fourth-order valence-corrected chi connectivity index (χ4v) is 3.40. The summed E-state index contributed by atoms with van der Waals surface area (Å²) in [5.74, 6) is -1.48. The highest BCUT2D eigenvalue weighted by Gasteiger charge is 2.19. The molecular weight excluding hydrogens is 458 g/mol. The number of anilines is 1. The minimum atomic E-state index is -0.733.